The van der Waals surface area contributed by atoms with Gasteiger partial charge in [0.2, 0.25) is 0 Å². The summed E-state index contributed by atoms with van der Waals surface area (Å²) in [5, 5.41) is 3.46. The zero-order valence-corrected chi connectivity index (χ0v) is 10.6. The Labute approximate surface area is 98.0 Å². The Kier molecular flexibility index (Phi) is 4.05. The zero-order chi connectivity index (χ0) is 12.2. The van der Waals surface area contributed by atoms with Crippen molar-refractivity contribution in [3.05, 3.63) is 18.2 Å². The van der Waals surface area contributed by atoms with E-state index in [-0.39, 0.29) is 5.54 Å². The minimum Gasteiger partial charge on any atom is -0.492 e. The molecule has 0 bridgehead atoms. The lowest BCUT2D eigenvalue weighted by Crippen LogP contribution is -2.29. The van der Waals surface area contributed by atoms with Crippen LogP contribution in [-0.2, 0) is 0 Å². The quantitative estimate of drug-likeness (QED) is 0.752. The molecule has 0 aliphatic heterocycles. The van der Waals surface area contributed by atoms with Gasteiger partial charge in [-0.3, -0.25) is 0 Å². The maximum Gasteiger partial charge on any atom is 0.144 e. The summed E-state index contributed by atoms with van der Waals surface area (Å²) in [6, 6.07) is 5.81. The van der Waals surface area contributed by atoms with Crippen LogP contribution < -0.4 is 15.8 Å². The number of anilines is 2. The van der Waals surface area contributed by atoms with Crippen molar-refractivity contribution in [2.75, 3.05) is 17.7 Å². The summed E-state index contributed by atoms with van der Waals surface area (Å²) < 4.78 is 5.46. The first kappa shape index (κ1) is 12.7. The summed E-state index contributed by atoms with van der Waals surface area (Å²) in [4.78, 5) is 0. The van der Waals surface area contributed by atoms with Crippen LogP contribution in [0.15, 0.2) is 18.2 Å². The van der Waals surface area contributed by atoms with Crippen LogP contribution in [0.1, 0.15) is 34.1 Å². The maximum absolute atomic E-state index is 5.82. The van der Waals surface area contributed by atoms with Gasteiger partial charge in [0.25, 0.3) is 0 Å². The van der Waals surface area contributed by atoms with E-state index in [0.717, 1.165) is 17.9 Å². The Morgan fingerprint density at radius 2 is 2.00 bits per heavy atom. The van der Waals surface area contributed by atoms with E-state index in [1.54, 1.807) is 0 Å². The van der Waals surface area contributed by atoms with Crippen molar-refractivity contribution < 1.29 is 4.74 Å². The van der Waals surface area contributed by atoms with Gasteiger partial charge < -0.3 is 15.8 Å². The molecule has 3 heteroatoms. The molecule has 3 N–H and O–H groups in total. The van der Waals surface area contributed by atoms with Crippen molar-refractivity contribution >= 4 is 11.4 Å². The van der Waals surface area contributed by atoms with Gasteiger partial charge in [0.15, 0.2) is 0 Å². The van der Waals surface area contributed by atoms with Gasteiger partial charge in [-0.1, -0.05) is 6.92 Å². The molecule has 1 rings (SSSR count). The molecule has 0 heterocycles. The van der Waals surface area contributed by atoms with E-state index < -0.39 is 0 Å². The number of nitrogen functional groups attached to an aromatic ring is 1. The normalized spacial score (nSPS) is 11.2. The lowest BCUT2D eigenvalue weighted by atomic mass is 10.0. The number of hydrogen-bond acceptors (Lipinski definition) is 3. The third-order valence-corrected chi connectivity index (χ3v) is 2.68. The number of nitrogens with two attached hydrogens (primary N) is 1. The van der Waals surface area contributed by atoms with Gasteiger partial charge in [0, 0.05) is 17.3 Å². The van der Waals surface area contributed by atoms with Crippen molar-refractivity contribution in [1.29, 1.82) is 0 Å². The average Bonchev–Trinajstić information content (AvgIpc) is 2.23. The predicted molar refractivity (Wildman–Crippen MR) is 70.0 cm³/mol. The third-order valence-electron chi connectivity index (χ3n) is 2.68. The van der Waals surface area contributed by atoms with Crippen LogP contribution in [0.5, 0.6) is 5.75 Å². The van der Waals surface area contributed by atoms with Crippen LogP contribution in [-0.4, -0.2) is 12.1 Å². The molecule has 0 radical (unpaired) electrons. The summed E-state index contributed by atoms with van der Waals surface area (Å²) in [6.07, 6.45) is 1.06. The van der Waals surface area contributed by atoms with Gasteiger partial charge in [-0.05, 0) is 39.3 Å². The van der Waals surface area contributed by atoms with E-state index in [9.17, 15) is 0 Å². The molecule has 0 unspecified atom stereocenters. The van der Waals surface area contributed by atoms with Gasteiger partial charge in [-0.15, -0.1) is 0 Å². The van der Waals surface area contributed by atoms with Crippen LogP contribution in [0.4, 0.5) is 11.4 Å². The fourth-order valence-electron chi connectivity index (χ4n) is 1.37. The Hall–Kier alpha value is -1.38. The Morgan fingerprint density at radius 3 is 2.56 bits per heavy atom. The summed E-state index contributed by atoms with van der Waals surface area (Å²) in [5.74, 6) is 0.749. The first-order chi connectivity index (χ1) is 7.48. The van der Waals surface area contributed by atoms with Crippen molar-refractivity contribution in [1.82, 2.24) is 0 Å². The minimum atomic E-state index is 0.0829. The van der Waals surface area contributed by atoms with Gasteiger partial charge in [0.05, 0.1) is 12.3 Å². The van der Waals surface area contributed by atoms with Crippen LogP contribution in [0.3, 0.4) is 0 Å². The van der Waals surface area contributed by atoms with Gasteiger partial charge in [-0.2, -0.15) is 0 Å². The Bertz CT molecular complexity index is 348. The Morgan fingerprint density at radius 1 is 1.31 bits per heavy atom. The van der Waals surface area contributed by atoms with Crippen LogP contribution in [0.25, 0.3) is 0 Å². The SMILES string of the molecule is CCOc1cc(NC(C)(C)CC)ccc1N. The summed E-state index contributed by atoms with van der Waals surface area (Å²) in [7, 11) is 0. The van der Waals surface area contributed by atoms with Gasteiger partial charge >= 0.3 is 0 Å². The predicted octanol–water partition coefficient (Wildman–Crippen LogP) is 3.27. The Balaban J connectivity index is 2.86. The highest BCUT2D eigenvalue weighted by molar-refractivity contribution is 5.61. The first-order valence-electron chi connectivity index (χ1n) is 5.79. The molecule has 0 aliphatic carbocycles. The molecule has 0 atom stereocenters. The van der Waals surface area contributed by atoms with Crippen molar-refractivity contribution in [2.45, 2.75) is 39.7 Å². The number of ether oxygens (including phenoxy) is 1. The summed E-state index contributed by atoms with van der Waals surface area (Å²) in [6.45, 7) is 9.08. The number of hydrogen-bond donors (Lipinski definition) is 2. The van der Waals surface area contributed by atoms with Crippen molar-refractivity contribution in [3.63, 3.8) is 0 Å². The van der Waals surface area contributed by atoms with E-state index >= 15 is 0 Å². The molecule has 0 saturated heterocycles. The molecule has 0 aliphatic rings. The molecule has 90 valence electrons. The van der Waals surface area contributed by atoms with Crippen molar-refractivity contribution in [2.24, 2.45) is 0 Å². The molecule has 3 nitrogen and oxygen atoms in total. The summed E-state index contributed by atoms with van der Waals surface area (Å²) >= 11 is 0. The molecular weight excluding hydrogens is 200 g/mol. The van der Waals surface area contributed by atoms with Gasteiger partial charge in [0.1, 0.15) is 5.75 Å². The van der Waals surface area contributed by atoms with E-state index in [4.69, 9.17) is 10.5 Å². The van der Waals surface area contributed by atoms with E-state index in [1.807, 2.05) is 25.1 Å². The first-order valence-corrected chi connectivity index (χ1v) is 5.79. The fraction of sp³-hybridized carbons (Fsp3) is 0.538. The van der Waals surface area contributed by atoms with Crippen LogP contribution >= 0.6 is 0 Å². The topological polar surface area (TPSA) is 47.3 Å². The molecule has 0 aromatic heterocycles. The van der Waals surface area contributed by atoms with E-state index in [0.29, 0.717) is 12.3 Å². The molecule has 0 saturated carbocycles. The third kappa shape index (κ3) is 3.33. The largest absolute Gasteiger partial charge is 0.492 e. The number of rotatable bonds is 5. The highest BCUT2D eigenvalue weighted by Crippen LogP contribution is 2.27. The van der Waals surface area contributed by atoms with Crippen LogP contribution in [0, 0.1) is 0 Å². The second-order valence-electron chi connectivity index (χ2n) is 4.55. The standard InChI is InChI=1S/C13H22N2O/c1-5-13(3,4)15-10-7-8-11(14)12(9-10)16-6-2/h7-9,15H,5-6,14H2,1-4H3. The lowest BCUT2D eigenvalue weighted by molar-refractivity contribution is 0.342. The summed E-state index contributed by atoms with van der Waals surface area (Å²) in [5.41, 5.74) is 7.63. The number of nitrogens with one attached hydrogen (secondary N) is 1. The highest BCUT2D eigenvalue weighted by Gasteiger charge is 2.14. The van der Waals surface area contributed by atoms with Crippen LogP contribution in [0.2, 0.25) is 0 Å². The van der Waals surface area contributed by atoms with Gasteiger partial charge in [-0.25, -0.2) is 0 Å². The highest BCUT2D eigenvalue weighted by atomic mass is 16.5. The number of benzene rings is 1. The monoisotopic (exact) mass is 222 g/mol. The average molecular weight is 222 g/mol. The van der Waals surface area contributed by atoms with E-state index in [1.165, 1.54) is 0 Å². The minimum absolute atomic E-state index is 0.0829. The second kappa shape index (κ2) is 5.10. The second-order valence-corrected chi connectivity index (χ2v) is 4.55. The molecule has 1 aromatic rings. The molecular formula is C13H22N2O. The lowest BCUT2D eigenvalue weighted by Gasteiger charge is -2.26. The molecule has 0 spiro atoms. The molecule has 16 heavy (non-hydrogen) atoms. The fourth-order valence-corrected chi connectivity index (χ4v) is 1.37. The molecule has 0 amide bonds. The molecule has 1 aromatic carbocycles. The maximum atomic E-state index is 5.82. The van der Waals surface area contributed by atoms with E-state index in [2.05, 4.69) is 26.1 Å². The zero-order valence-electron chi connectivity index (χ0n) is 10.6. The smallest absolute Gasteiger partial charge is 0.144 e. The molecule has 0 fully saturated rings. The van der Waals surface area contributed by atoms with Crippen molar-refractivity contribution in [3.8, 4) is 5.75 Å².